The van der Waals surface area contributed by atoms with Crippen molar-refractivity contribution in [2.24, 2.45) is 0 Å². The smallest absolute Gasteiger partial charge is 0.282 e. The normalized spacial score (nSPS) is 17.3. The van der Waals surface area contributed by atoms with Crippen LogP contribution in [0.5, 0.6) is 5.75 Å². The van der Waals surface area contributed by atoms with Gasteiger partial charge in [-0.05, 0) is 25.8 Å². The van der Waals surface area contributed by atoms with Gasteiger partial charge in [0.15, 0.2) is 0 Å². The Morgan fingerprint density at radius 3 is 2.73 bits per heavy atom. The van der Waals surface area contributed by atoms with Crippen LogP contribution in [0.1, 0.15) is 46.3 Å². The van der Waals surface area contributed by atoms with E-state index in [9.17, 15) is 13.2 Å². The predicted molar refractivity (Wildman–Crippen MR) is 112 cm³/mol. The number of nitrogens with one attached hydrogen (secondary N) is 1. The topological polar surface area (TPSA) is 105 Å². The number of methoxy groups -OCH3 is 1. The fourth-order valence-corrected chi connectivity index (χ4v) is 4.77. The third kappa shape index (κ3) is 4.45. The monoisotopic (exact) mass is 433 g/mol. The SMILES string of the molecule is COc1ccccc1CNC(=O)c1cnc([C@H]2CCCN2S(=O)(=O)N(C)C)nc1C. The van der Waals surface area contributed by atoms with Gasteiger partial charge in [0.25, 0.3) is 16.1 Å². The molecule has 1 amide bonds. The second kappa shape index (κ2) is 9.07. The van der Waals surface area contributed by atoms with Crippen molar-refractivity contribution in [3.8, 4) is 5.75 Å². The van der Waals surface area contributed by atoms with Gasteiger partial charge in [0.1, 0.15) is 11.6 Å². The van der Waals surface area contributed by atoms with Crippen LogP contribution in [0.2, 0.25) is 0 Å². The molecule has 1 aliphatic heterocycles. The molecule has 1 fully saturated rings. The molecule has 1 aliphatic rings. The molecular weight excluding hydrogens is 406 g/mol. The fourth-order valence-electron chi connectivity index (χ4n) is 3.47. The molecule has 0 bridgehead atoms. The number of hydrogen-bond donors (Lipinski definition) is 1. The molecule has 1 N–H and O–H groups in total. The zero-order valence-electron chi connectivity index (χ0n) is 17.6. The molecule has 3 rings (SSSR count). The van der Waals surface area contributed by atoms with Gasteiger partial charge in [0.2, 0.25) is 0 Å². The first kappa shape index (κ1) is 22.1. The Kier molecular flexibility index (Phi) is 6.69. The average Bonchev–Trinajstić information content (AvgIpc) is 3.22. The van der Waals surface area contributed by atoms with Crippen molar-refractivity contribution >= 4 is 16.1 Å². The van der Waals surface area contributed by atoms with Crippen LogP contribution in [0, 0.1) is 6.92 Å². The van der Waals surface area contributed by atoms with E-state index < -0.39 is 16.3 Å². The Balaban J connectivity index is 1.76. The van der Waals surface area contributed by atoms with Gasteiger partial charge in [-0.25, -0.2) is 9.97 Å². The van der Waals surface area contributed by atoms with E-state index in [-0.39, 0.29) is 5.91 Å². The number of benzene rings is 1. The molecule has 1 atom stereocenters. The van der Waals surface area contributed by atoms with Crippen LogP contribution < -0.4 is 10.1 Å². The molecule has 0 radical (unpaired) electrons. The van der Waals surface area contributed by atoms with Crippen molar-refractivity contribution in [3.05, 3.63) is 53.1 Å². The Bertz CT molecular complexity index is 1030. The van der Waals surface area contributed by atoms with Crippen LogP contribution in [0.3, 0.4) is 0 Å². The number of rotatable bonds is 7. The number of amides is 1. The van der Waals surface area contributed by atoms with Crippen molar-refractivity contribution < 1.29 is 17.9 Å². The maximum absolute atomic E-state index is 12.6. The van der Waals surface area contributed by atoms with Gasteiger partial charge >= 0.3 is 0 Å². The van der Waals surface area contributed by atoms with E-state index in [1.54, 1.807) is 14.0 Å². The Hall–Kier alpha value is -2.56. The summed E-state index contributed by atoms with van der Waals surface area (Å²) in [5.74, 6) is 0.815. The van der Waals surface area contributed by atoms with Gasteiger partial charge in [0, 0.05) is 38.9 Å². The number of nitrogens with zero attached hydrogens (tertiary/aromatic N) is 4. The largest absolute Gasteiger partial charge is 0.496 e. The summed E-state index contributed by atoms with van der Waals surface area (Å²) in [5, 5.41) is 2.86. The molecule has 10 heteroatoms. The number of aryl methyl sites for hydroxylation is 1. The minimum absolute atomic E-state index is 0.297. The van der Waals surface area contributed by atoms with Crippen LogP contribution >= 0.6 is 0 Å². The molecule has 0 saturated carbocycles. The van der Waals surface area contributed by atoms with Gasteiger partial charge in [0.05, 0.1) is 24.4 Å². The number of carbonyl (C=O) groups excluding carboxylic acids is 1. The number of carbonyl (C=O) groups is 1. The highest BCUT2D eigenvalue weighted by atomic mass is 32.2. The van der Waals surface area contributed by atoms with Crippen LogP contribution in [0.4, 0.5) is 0 Å². The van der Waals surface area contributed by atoms with Gasteiger partial charge in [-0.2, -0.15) is 17.0 Å². The van der Waals surface area contributed by atoms with Crippen LogP contribution in [0.25, 0.3) is 0 Å². The molecular formula is C20H27N5O4S. The highest BCUT2D eigenvalue weighted by Gasteiger charge is 2.38. The van der Waals surface area contributed by atoms with Gasteiger partial charge in [-0.15, -0.1) is 0 Å². The lowest BCUT2D eigenvalue weighted by atomic mass is 10.1. The summed E-state index contributed by atoms with van der Waals surface area (Å²) in [7, 11) is 1.03. The summed E-state index contributed by atoms with van der Waals surface area (Å²) >= 11 is 0. The molecule has 1 aromatic carbocycles. The van der Waals surface area contributed by atoms with Crippen LogP contribution in [-0.4, -0.2) is 60.7 Å². The summed E-state index contributed by atoms with van der Waals surface area (Å²) in [5.41, 5.74) is 1.72. The van der Waals surface area contributed by atoms with Crippen molar-refractivity contribution in [2.45, 2.75) is 32.4 Å². The zero-order chi connectivity index (χ0) is 21.9. The number of aromatic nitrogens is 2. The molecule has 9 nitrogen and oxygen atoms in total. The second-order valence-corrected chi connectivity index (χ2v) is 9.38. The lowest BCUT2D eigenvalue weighted by Gasteiger charge is -2.26. The molecule has 2 heterocycles. The van der Waals surface area contributed by atoms with E-state index in [4.69, 9.17) is 4.74 Å². The van der Waals surface area contributed by atoms with Gasteiger partial charge in [-0.3, -0.25) is 4.79 Å². The summed E-state index contributed by atoms with van der Waals surface area (Å²) in [6.45, 7) is 2.46. The molecule has 30 heavy (non-hydrogen) atoms. The van der Waals surface area contributed by atoms with Gasteiger partial charge in [-0.1, -0.05) is 18.2 Å². The summed E-state index contributed by atoms with van der Waals surface area (Å²) < 4.78 is 33.1. The number of para-hydroxylation sites is 1. The average molecular weight is 434 g/mol. The van der Waals surface area contributed by atoms with E-state index in [2.05, 4.69) is 15.3 Å². The van der Waals surface area contributed by atoms with Crippen molar-refractivity contribution in [2.75, 3.05) is 27.7 Å². The number of hydrogen-bond acceptors (Lipinski definition) is 6. The van der Waals surface area contributed by atoms with E-state index in [1.807, 2.05) is 24.3 Å². The highest BCUT2D eigenvalue weighted by molar-refractivity contribution is 7.86. The molecule has 1 saturated heterocycles. The second-order valence-electron chi connectivity index (χ2n) is 7.28. The number of ether oxygens (including phenoxy) is 1. The van der Waals surface area contributed by atoms with Crippen molar-refractivity contribution in [3.63, 3.8) is 0 Å². The summed E-state index contributed by atoms with van der Waals surface area (Å²) in [6, 6.07) is 7.03. The molecule has 0 spiro atoms. The standard InChI is InChI=1S/C20H27N5O4S/c1-14-16(20(26)22-12-15-8-5-6-10-18(15)29-4)13-21-19(23-14)17-9-7-11-25(17)30(27,28)24(2)3/h5-6,8,10,13,17H,7,9,11-12H2,1-4H3,(H,22,26)/t17-/m1/s1. The summed E-state index contributed by atoms with van der Waals surface area (Å²) in [6.07, 6.45) is 2.85. The Labute approximate surface area is 177 Å². The van der Waals surface area contributed by atoms with E-state index >= 15 is 0 Å². The molecule has 0 aliphatic carbocycles. The molecule has 1 aromatic heterocycles. The lowest BCUT2D eigenvalue weighted by molar-refractivity contribution is 0.0949. The fraction of sp³-hybridized carbons (Fsp3) is 0.450. The minimum atomic E-state index is -3.56. The van der Waals surface area contributed by atoms with E-state index in [0.717, 1.165) is 12.0 Å². The van der Waals surface area contributed by atoms with E-state index in [0.29, 0.717) is 42.3 Å². The first-order valence-electron chi connectivity index (χ1n) is 9.68. The lowest BCUT2D eigenvalue weighted by Crippen LogP contribution is -2.40. The predicted octanol–water partition coefficient (Wildman–Crippen LogP) is 1.67. The minimum Gasteiger partial charge on any atom is -0.496 e. The Morgan fingerprint density at radius 2 is 2.07 bits per heavy atom. The zero-order valence-corrected chi connectivity index (χ0v) is 18.4. The van der Waals surface area contributed by atoms with E-state index in [1.165, 1.54) is 28.9 Å². The Morgan fingerprint density at radius 1 is 1.33 bits per heavy atom. The summed E-state index contributed by atoms with van der Waals surface area (Å²) in [4.78, 5) is 21.4. The maximum atomic E-state index is 12.6. The van der Waals surface area contributed by atoms with Crippen molar-refractivity contribution in [1.29, 1.82) is 0 Å². The molecule has 0 unspecified atom stereocenters. The first-order valence-corrected chi connectivity index (χ1v) is 11.1. The quantitative estimate of drug-likeness (QED) is 0.712. The highest BCUT2D eigenvalue weighted by Crippen LogP contribution is 2.33. The third-order valence-electron chi connectivity index (χ3n) is 5.13. The van der Waals surface area contributed by atoms with Crippen LogP contribution in [-0.2, 0) is 16.8 Å². The third-order valence-corrected chi connectivity index (χ3v) is 7.09. The molecule has 2 aromatic rings. The van der Waals surface area contributed by atoms with Crippen LogP contribution in [0.15, 0.2) is 30.5 Å². The molecule has 162 valence electrons. The van der Waals surface area contributed by atoms with Gasteiger partial charge < -0.3 is 10.1 Å². The van der Waals surface area contributed by atoms with Crippen molar-refractivity contribution in [1.82, 2.24) is 23.9 Å². The maximum Gasteiger partial charge on any atom is 0.282 e. The first-order chi connectivity index (χ1) is 14.3.